The Bertz CT molecular complexity index is 395. The summed E-state index contributed by atoms with van der Waals surface area (Å²) >= 11 is 0. The number of aliphatic carboxylic acids is 1. The van der Waals surface area contributed by atoms with Crippen molar-refractivity contribution < 1.29 is 14.7 Å². The number of carbonyl (C=O) groups is 2. The van der Waals surface area contributed by atoms with Crippen LogP contribution in [0.3, 0.4) is 0 Å². The third-order valence-electron chi connectivity index (χ3n) is 1.90. The van der Waals surface area contributed by atoms with Gasteiger partial charge in [0, 0.05) is 13.2 Å². The first-order chi connectivity index (χ1) is 6.83. The van der Waals surface area contributed by atoms with Gasteiger partial charge in [0.2, 0.25) is 0 Å². The molecule has 6 nitrogen and oxygen atoms in total. The van der Waals surface area contributed by atoms with E-state index in [-0.39, 0.29) is 5.69 Å². The van der Waals surface area contributed by atoms with Crippen LogP contribution in [0.15, 0.2) is 12.5 Å². The molecule has 0 radical (unpaired) electrons. The lowest BCUT2D eigenvalue weighted by molar-refractivity contribution is -0.143. The highest BCUT2D eigenvalue weighted by Gasteiger charge is 2.29. The summed E-state index contributed by atoms with van der Waals surface area (Å²) in [6, 6.07) is 0. The highest BCUT2D eigenvalue weighted by atomic mass is 16.4. The summed E-state index contributed by atoms with van der Waals surface area (Å²) in [4.78, 5) is 26.1. The molecule has 1 aromatic rings. The Labute approximate surface area is 86.9 Å². The van der Waals surface area contributed by atoms with Gasteiger partial charge in [0.05, 0.1) is 6.33 Å². The first kappa shape index (κ1) is 11.2. The van der Waals surface area contributed by atoms with Crippen LogP contribution in [0, 0.1) is 0 Å². The molecular weight excluding hydrogens is 198 g/mol. The summed E-state index contributed by atoms with van der Waals surface area (Å²) in [5.74, 6) is -1.59. The molecule has 0 aliphatic carbocycles. The third-order valence-corrected chi connectivity index (χ3v) is 1.90. The van der Waals surface area contributed by atoms with Crippen LogP contribution in [0.1, 0.15) is 24.3 Å². The molecule has 1 aromatic heterocycles. The van der Waals surface area contributed by atoms with Crippen molar-refractivity contribution in [3.63, 3.8) is 0 Å². The lowest BCUT2D eigenvalue weighted by atomic mass is 10.1. The van der Waals surface area contributed by atoms with Crippen molar-refractivity contribution in [3.8, 4) is 0 Å². The molecule has 15 heavy (non-hydrogen) atoms. The van der Waals surface area contributed by atoms with Gasteiger partial charge in [-0.05, 0) is 13.8 Å². The minimum Gasteiger partial charge on any atom is -0.480 e. The van der Waals surface area contributed by atoms with E-state index in [9.17, 15) is 9.59 Å². The average Bonchev–Trinajstić information content (AvgIpc) is 2.50. The Morgan fingerprint density at radius 2 is 2.13 bits per heavy atom. The molecule has 0 atom stereocenters. The van der Waals surface area contributed by atoms with E-state index >= 15 is 0 Å². The van der Waals surface area contributed by atoms with E-state index in [0.29, 0.717) is 0 Å². The Balaban J connectivity index is 2.76. The second-order valence-corrected chi connectivity index (χ2v) is 3.81. The lowest BCUT2D eigenvalue weighted by Gasteiger charge is -2.20. The Morgan fingerprint density at radius 3 is 2.53 bits per heavy atom. The molecule has 0 saturated heterocycles. The fraction of sp³-hybridized carbons (Fsp3) is 0.444. The van der Waals surface area contributed by atoms with Crippen molar-refractivity contribution in [2.75, 3.05) is 0 Å². The zero-order chi connectivity index (χ0) is 11.6. The average molecular weight is 211 g/mol. The van der Waals surface area contributed by atoms with Gasteiger partial charge in [-0.2, -0.15) is 0 Å². The first-order valence-corrected chi connectivity index (χ1v) is 4.37. The molecule has 0 saturated carbocycles. The monoisotopic (exact) mass is 211 g/mol. The largest absolute Gasteiger partial charge is 0.480 e. The van der Waals surface area contributed by atoms with E-state index < -0.39 is 17.4 Å². The predicted molar refractivity (Wildman–Crippen MR) is 52.4 cm³/mol. The van der Waals surface area contributed by atoms with Crippen LogP contribution in [0.5, 0.6) is 0 Å². The number of hydrogen-bond acceptors (Lipinski definition) is 3. The van der Waals surface area contributed by atoms with Gasteiger partial charge in [-0.15, -0.1) is 0 Å². The summed E-state index contributed by atoms with van der Waals surface area (Å²) in [5, 5.41) is 11.2. The first-order valence-electron chi connectivity index (χ1n) is 4.37. The zero-order valence-electron chi connectivity index (χ0n) is 8.81. The molecule has 82 valence electrons. The molecule has 0 aliphatic rings. The highest BCUT2D eigenvalue weighted by molar-refractivity contribution is 5.95. The number of aromatic nitrogens is 2. The van der Waals surface area contributed by atoms with Crippen LogP contribution >= 0.6 is 0 Å². The van der Waals surface area contributed by atoms with Crippen LogP contribution in [0.4, 0.5) is 0 Å². The van der Waals surface area contributed by atoms with Crippen molar-refractivity contribution in [1.29, 1.82) is 0 Å². The van der Waals surface area contributed by atoms with Crippen molar-refractivity contribution in [1.82, 2.24) is 14.9 Å². The maximum Gasteiger partial charge on any atom is 0.328 e. The second kappa shape index (κ2) is 3.72. The molecule has 0 aromatic carbocycles. The Kier molecular flexibility index (Phi) is 2.78. The standard InChI is InChI=1S/C9H13N3O3/c1-9(2,8(14)15)11-7(13)6-4-12(3)5-10-6/h4-5H,1-3H3,(H,11,13)(H,14,15). The Hall–Kier alpha value is -1.85. The SMILES string of the molecule is Cn1cnc(C(=O)NC(C)(C)C(=O)O)c1. The highest BCUT2D eigenvalue weighted by Crippen LogP contribution is 2.04. The van der Waals surface area contributed by atoms with Crippen molar-refractivity contribution in [2.45, 2.75) is 19.4 Å². The van der Waals surface area contributed by atoms with Crippen molar-refractivity contribution in [3.05, 3.63) is 18.2 Å². The number of carboxylic acids is 1. The van der Waals surface area contributed by atoms with Gasteiger partial charge in [-0.1, -0.05) is 0 Å². The smallest absolute Gasteiger partial charge is 0.328 e. The number of carboxylic acid groups (broad SMARTS) is 1. The van der Waals surface area contributed by atoms with Gasteiger partial charge in [-0.3, -0.25) is 4.79 Å². The molecule has 2 N–H and O–H groups in total. The number of nitrogens with one attached hydrogen (secondary N) is 1. The zero-order valence-corrected chi connectivity index (χ0v) is 8.81. The van der Waals surface area contributed by atoms with Crippen LogP contribution in [-0.4, -0.2) is 32.1 Å². The van der Waals surface area contributed by atoms with Crippen LogP contribution in [0.25, 0.3) is 0 Å². The van der Waals surface area contributed by atoms with E-state index in [1.54, 1.807) is 11.6 Å². The number of hydrogen-bond donors (Lipinski definition) is 2. The quantitative estimate of drug-likeness (QED) is 0.737. The Morgan fingerprint density at radius 1 is 1.53 bits per heavy atom. The molecule has 0 aliphatic heterocycles. The molecule has 6 heteroatoms. The van der Waals surface area contributed by atoms with Crippen LogP contribution in [-0.2, 0) is 11.8 Å². The summed E-state index contributed by atoms with van der Waals surface area (Å²) in [5.41, 5.74) is -1.10. The minimum atomic E-state index is -1.30. The van der Waals surface area contributed by atoms with E-state index in [0.717, 1.165) is 0 Å². The molecule has 0 unspecified atom stereocenters. The van der Waals surface area contributed by atoms with Gasteiger partial charge >= 0.3 is 5.97 Å². The number of rotatable bonds is 3. The van der Waals surface area contributed by atoms with E-state index in [1.807, 2.05) is 0 Å². The van der Waals surface area contributed by atoms with E-state index in [1.165, 1.54) is 26.4 Å². The lowest BCUT2D eigenvalue weighted by Crippen LogP contribution is -2.49. The maximum atomic E-state index is 11.5. The minimum absolute atomic E-state index is 0.201. The topological polar surface area (TPSA) is 84.2 Å². The van der Waals surface area contributed by atoms with E-state index in [2.05, 4.69) is 10.3 Å². The van der Waals surface area contributed by atoms with Crippen LogP contribution in [0.2, 0.25) is 0 Å². The number of carbonyl (C=O) groups excluding carboxylic acids is 1. The van der Waals surface area contributed by atoms with Gasteiger partial charge in [0.15, 0.2) is 0 Å². The third kappa shape index (κ3) is 2.55. The van der Waals surface area contributed by atoms with Gasteiger partial charge in [-0.25, -0.2) is 9.78 Å². The molecular formula is C9H13N3O3. The molecule has 1 rings (SSSR count). The van der Waals surface area contributed by atoms with E-state index in [4.69, 9.17) is 5.11 Å². The van der Waals surface area contributed by atoms with Crippen LogP contribution < -0.4 is 5.32 Å². The number of nitrogens with zero attached hydrogens (tertiary/aromatic N) is 2. The van der Waals surface area contributed by atoms with Gasteiger partial charge < -0.3 is 15.0 Å². The number of aryl methyl sites for hydroxylation is 1. The van der Waals surface area contributed by atoms with Crippen molar-refractivity contribution in [2.24, 2.45) is 7.05 Å². The number of imidazole rings is 1. The molecule has 0 fully saturated rings. The van der Waals surface area contributed by atoms with Gasteiger partial charge in [0.1, 0.15) is 11.2 Å². The molecule has 1 amide bonds. The fourth-order valence-electron chi connectivity index (χ4n) is 0.931. The fourth-order valence-corrected chi connectivity index (χ4v) is 0.931. The normalized spacial score (nSPS) is 11.1. The van der Waals surface area contributed by atoms with Crippen molar-refractivity contribution >= 4 is 11.9 Å². The molecule has 0 spiro atoms. The van der Waals surface area contributed by atoms with Gasteiger partial charge in [0.25, 0.3) is 5.91 Å². The number of amides is 1. The summed E-state index contributed by atoms with van der Waals surface area (Å²) in [7, 11) is 1.73. The predicted octanol–water partition coefficient (Wildman–Crippen LogP) is 0.0131. The summed E-state index contributed by atoms with van der Waals surface area (Å²) < 4.78 is 1.61. The second-order valence-electron chi connectivity index (χ2n) is 3.81. The molecule has 1 heterocycles. The molecule has 0 bridgehead atoms. The summed E-state index contributed by atoms with van der Waals surface area (Å²) in [6.07, 6.45) is 3.00. The maximum absolute atomic E-state index is 11.5. The summed E-state index contributed by atoms with van der Waals surface area (Å²) in [6.45, 7) is 2.83.